The first-order valence-electron chi connectivity index (χ1n) is 8.09. The molecule has 0 saturated heterocycles. The Morgan fingerprint density at radius 1 is 1.12 bits per heavy atom. The Bertz CT molecular complexity index is 838. The van der Waals surface area contributed by atoms with Gasteiger partial charge in [0.05, 0.1) is 6.61 Å². The standard InChI is InChI=1S/C19H17FN2O3S/c20-15-3-5-16(6-4-15)25-12-18-22-17(13-26-18)19(23)24-11-1-2-14-7-9-21-10-8-14/h3-10,13H,1-2,11-12H2. The first kappa shape index (κ1) is 18.0. The number of rotatable bonds is 8. The van der Waals surface area contributed by atoms with Gasteiger partial charge in [-0.2, -0.15) is 0 Å². The zero-order chi connectivity index (χ0) is 18.2. The van der Waals surface area contributed by atoms with E-state index < -0.39 is 5.97 Å². The molecular formula is C19H17FN2O3S. The highest BCUT2D eigenvalue weighted by Crippen LogP contribution is 2.16. The zero-order valence-electron chi connectivity index (χ0n) is 13.9. The van der Waals surface area contributed by atoms with E-state index in [0.29, 0.717) is 17.4 Å². The lowest BCUT2D eigenvalue weighted by atomic mass is 10.1. The quantitative estimate of drug-likeness (QED) is 0.441. The Kier molecular flexibility index (Phi) is 6.27. The van der Waals surface area contributed by atoms with E-state index in [-0.39, 0.29) is 18.1 Å². The van der Waals surface area contributed by atoms with Crippen molar-refractivity contribution in [2.24, 2.45) is 0 Å². The van der Waals surface area contributed by atoms with Crippen molar-refractivity contribution in [1.82, 2.24) is 9.97 Å². The molecule has 0 spiro atoms. The summed E-state index contributed by atoms with van der Waals surface area (Å²) >= 11 is 1.32. The third kappa shape index (κ3) is 5.35. The molecule has 0 unspecified atom stereocenters. The van der Waals surface area contributed by atoms with Crippen LogP contribution in [0.15, 0.2) is 54.2 Å². The molecule has 0 aliphatic carbocycles. The van der Waals surface area contributed by atoms with Crippen LogP contribution in [-0.2, 0) is 17.8 Å². The van der Waals surface area contributed by atoms with Crippen molar-refractivity contribution >= 4 is 17.3 Å². The Hall–Kier alpha value is -2.80. The number of esters is 1. The SMILES string of the molecule is O=C(OCCCc1ccncc1)c1csc(COc2ccc(F)cc2)n1. The summed E-state index contributed by atoms with van der Waals surface area (Å²) in [6.45, 7) is 0.547. The van der Waals surface area contributed by atoms with Crippen LogP contribution < -0.4 is 4.74 Å². The second-order valence-corrected chi connectivity index (χ2v) is 6.41. The van der Waals surface area contributed by atoms with Gasteiger partial charge in [-0.15, -0.1) is 11.3 Å². The first-order valence-corrected chi connectivity index (χ1v) is 8.97. The Morgan fingerprint density at radius 2 is 1.88 bits per heavy atom. The fourth-order valence-electron chi connectivity index (χ4n) is 2.21. The van der Waals surface area contributed by atoms with Crippen LogP contribution in [0.4, 0.5) is 4.39 Å². The van der Waals surface area contributed by atoms with Gasteiger partial charge in [0, 0.05) is 17.8 Å². The normalized spacial score (nSPS) is 10.5. The van der Waals surface area contributed by atoms with Gasteiger partial charge in [0.2, 0.25) is 0 Å². The van der Waals surface area contributed by atoms with Crippen LogP contribution in [0.25, 0.3) is 0 Å². The molecule has 0 bridgehead atoms. The largest absolute Gasteiger partial charge is 0.486 e. The molecule has 0 atom stereocenters. The van der Waals surface area contributed by atoms with Gasteiger partial charge in [-0.3, -0.25) is 4.98 Å². The predicted molar refractivity (Wildman–Crippen MR) is 95.7 cm³/mol. The number of benzene rings is 1. The molecule has 1 aromatic carbocycles. The van der Waals surface area contributed by atoms with Crippen molar-refractivity contribution in [2.45, 2.75) is 19.4 Å². The van der Waals surface area contributed by atoms with Crippen LogP contribution in [-0.4, -0.2) is 22.5 Å². The van der Waals surface area contributed by atoms with Gasteiger partial charge in [-0.25, -0.2) is 14.2 Å². The molecule has 26 heavy (non-hydrogen) atoms. The number of halogens is 1. The van der Waals surface area contributed by atoms with E-state index in [4.69, 9.17) is 9.47 Å². The van der Waals surface area contributed by atoms with Crippen LogP contribution in [0, 0.1) is 5.82 Å². The summed E-state index contributed by atoms with van der Waals surface area (Å²) in [5.74, 6) is -0.216. The summed E-state index contributed by atoms with van der Waals surface area (Å²) in [7, 11) is 0. The topological polar surface area (TPSA) is 61.3 Å². The van der Waals surface area contributed by atoms with Gasteiger partial charge in [0.15, 0.2) is 5.69 Å². The van der Waals surface area contributed by atoms with Crippen LogP contribution >= 0.6 is 11.3 Å². The number of aromatic nitrogens is 2. The van der Waals surface area contributed by atoms with Crippen molar-refractivity contribution in [3.8, 4) is 5.75 Å². The number of hydrogen-bond acceptors (Lipinski definition) is 6. The van der Waals surface area contributed by atoms with Crippen molar-refractivity contribution in [3.63, 3.8) is 0 Å². The van der Waals surface area contributed by atoms with Crippen molar-refractivity contribution in [1.29, 1.82) is 0 Å². The van der Waals surface area contributed by atoms with Crippen LogP contribution in [0.3, 0.4) is 0 Å². The van der Waals surface area contributed by atoms with E-state index in [1.807, 2.05) is 12.1 Å². The molecule has 0 aliphatic heterocycles. The van der Waals surface area contributed by atoms with Gasteiger partial charge >= 0.3 is 5.97 Å². The number of thiazole rings is 1. The molecule has 3 rings (SSSR count). The van der Waals surface area contributed by atoms with Gasteiger partial charge in [-0.1, -0.05) is 0 Å². The molecule has 2 heterocycles. The second-order valence-electron chi connectivity index (χ2n) is 5.46. The van der Waals surface area contributed by atoms with E-state index >= 15 is 0 Å². The Balaban J connectivity index is 1.41. The monoisotopic (exact) mass is 372 g/mol. The fourth-order valence-corrected chi connectivity index (χ4v) is 2.89. The molecule has 0 saturated carbocycles. The van der Waals surface area contributed by atoms with Crippen molar-refractivity contribution in [2.75, 3.05) is 6.61 Å². The number of ether oxygens (including phenoxy) is 2. The lowest BCUT2D eigenvalue weighted by Crippen LogP contribution is -2.08. The second kappa shape index (κ2) is 9.05. The fraction of sp³-hybridized carbons (Fsp3) is 0.211. The minimum atomic E-state index is -0.441. The maximum absolute atomic E-state index is 12.8. The number of carbonyl (C=O) groups excluding carboxylic acids is 1. The summed E-state index contributed by atoms with van der Waals surface area (Å²) in [5, 5.41) is 2.30. The summed E-state index contributed by atoms with van der Waals surface area (Å²) in [4.78, 5) is 20.2. The molecule has 3 aromatic rings. The van der Waals surface area contributed by atoms with Crippen molar-refractivity contribution in [3.05, 3.63) is 76.3 Å². The number of aryl methyl sites for hydroxylation is 1. The minimum Gasteiger partial charge on any atom is -0.486 e. The lowest BCUT2D eigenvalue weighted by Gasteiger charge is -2.04. The zero-order valence-corrected chi connectivity index (χ0v) is 14.7. The van der Waals surface area contributed by atoms with Gasteiger partial charge < -0.3 is 9.47 Å². The highest BCUT2D eigenvalue weighted by molar-refractivity contribution is 7.09. The highest BCUT2D eigenvalue weighted by Gasteiger charge is 2.12. The lowest BCUT2D eigenvalue weighted by molar-refractivity contribution is 0.0494. The minimum absolute atomic E-state index is 0.214. The molecule has 134 valence electrons. The summed E-state index contributed by atoms with van der Waals surface area (Å²) < 4.78 is 23.6. The summed E-state index contributed by atoms with van der Waals surface area (Å²) in [5.41, 5.74) is 1.43. The molecule has 0 aliphatic rings. The maximum atomic E-state index is 12.8. The predicted octanol–water partition coefficient (Wildman–Crippen LogP) is 4.05. The highest BCUT2D eigenvalue weighted by atomic mass is 32.1. The van der Waals surface area contributed by atoms with Gasteiger partial charge in [-0.05, 0) is 54.8 Å². The molecule has 0 amide bonds. The Morgan fingerprint density at radius 3 is 2.65 bits per heavy atom. The van der Waals surface area contributed by atoms with E-state index in [1.165, 1.54) is 23.5 Å². The van der Waals surface area contributed by atoms with Crippen LogP contribution in [0.5, 0.6) is 5.75 Å². The molecule has 0 N–H and O–H groups in total. The van der Waals surface area contributed by atoms with Crippen LogP contribution in [0.1, 0.15) is 27.5 Å². The number of carbonyl (C=O) groups is 1. The average molecular weight is 372 g/mol. The first-order chi connectivity index (χ1) is 12.7. The Labute approximate surface area is 154 Å². The molecule has 0 fully saturated rings. The van der Waals surface area contributed by atoms with Gasteiger partial charge in [0.1, 0.15) is 23.2 Å². The molecular weight excluding hydrogens is 355 g/mol. The molecule has 5 nitrogen and oxygen atoms in total. The number of hydrogen-bond donors (Lipinski definition) is 0. The third-order valence-corrected chi connectivity index (χ3v) is 4.35. The number of pyridine rings is 1. The van der Waals surface area contributed by atoms with Crippen LogP contribution in [0.2, 0.25) is 0 Å². The van der Waals surface area contributed by atoms with E-state index in [2.05, 4.69) is 9.97 Å². The van der Waals surface area contributed by atoms with Gasteiger partial charge in [0.25, 0.3) is 0 Å². The smallest absolute Gasteiger partial charge is 0.357 e. The maximum Gasteiger partial charge on any atom is 0.357 e. The summed E-state index contributed by atoms with van der Waals surface area (Å²) in [6.07, 6.45) is 5.04. The van der Waals surface area contributed by atoms with E-state index in [9.17, 15) is 9.18 Å². The van der Waals surface area contributed by atoms with E-state index in [1.54, 1.807) is 29.9 Å². The molecule has 0 radical (unpaired) electrons. The molecule has 7 heteroatoms. The molecule has 2 aromatic heterocycles. The third-order valence-electron chi connectivity index (χ3n) is 3.53. The van der Waals surface area contributed by atoms with E-state index in [0.717, 1.165) is 18.4 Å². The summed E-state index contributed by atoms with van der Waals surface area (Å²) in [6, 6.07) is 9.62. The van der Waals surface area contributed by atoms with Crippen molar-refractivity contribution < 1.29 is 18.7 Å². The average Bonchev–Trinajstić information content (AvgIpc) is 3.15. The number of nitrogens with zero attached hydrogens (tertiary/aromatic N) is 2.